The largest absolute Gasteiger partial charge is 0.491 e. The maximum absolute atomic E-state index is 10.4. The van der Waals surface area contributed by atoms with E-state index in [9.17, 15) is 10.2 Å². The minimum absolute atomic E-state index is 0.122. The molecule has 0 unspecified atom stereocenters. The molecule has 2 aromatic carbocycles. The summed E-state index contributed by atoms with van der Waals surface area (Å²) in [5.74, 6) is 0.827. The maximum Gasteiger partial charge on any atom is 0.122 e. The molecular formula is C25H35NO3. The highest BCUT2D eigenvalue weighted by atomic mass is 16.5. The summed E-state index contributed by atoms with van der Waals surface area (Å²) in [5.41, 5.74) is 3.84. The van der Waals surface area contributed by atoms with Crippen molar-refractivity contribution in [2.24, 2.45) is 0 Å². The van der Waals surface area contributed by atoms with Crippen LogP contribution in [0.4, 0.5) is 0 Å². The summed E-state index contributed by atoms with van der Waals surface area (Å²) in [4.78, 5) is 2.40. The van der Waals surface area contributed by atoms with Gasteiger partial charge in [-0.25, -0.2) is 0 Å². The van der Waals surface area contributed by atoms with Gasteiger partial charge in [0.1, 0.15) is 18.5 Å². The van der Waals surface area contributed by atoms with E-state index in [1.165, 1.54) is 23.1 Å². The van der Waals surface area contributed by atoms with Gasteiger partial charge >= 0.3 is 0 Å². The van der Waals surface area contributed by atoms with E-state index in [1.807, 2.05) is 18.2 Å². The number of aliphatic hydroxyl groups excluding tert-OH is 2. The number of fused-ring (bicyclic) bond motifs is 1. The monoisotopic (exact) mass is 397 g/mol. The van der Waals surface area contributed by atoms with Crippen LogP contribution in [0.3, 0.4) is 0 Å². The van der Waals surface area contributed by atoms with Gasteiger partial charge in [-0.3, -0.25) is 4.90 Å². The number of para-hydroxylation sites is 1. The number of nitrogens with zero attached hydrogens (tertiary/aromatic N) is 1. The molecule has 0 aromatic heterocycles. The Balaban J connectivity index is 1.64. The molecule has 0 spiro atoms. The van der Waals surface area contributed by atoms with E-state index in [2.05, 4.69) is 42.2 Å². The highest BCUT2D eigenvalue weighted by molar-refractivity contribution is 5.33. The minimum Gasteiger partial charge on any atom is -0.491 e. The van der Waals surface area contributed by atoms with Gasteiger partial charge in [-0.05, 0) is 61.4 Å². The first-order chi connectivity index (χ1) is 14.2. The fraction of sp³-hybridized carbons (Fsp3) is 0.520. The van der Waals surface area contributed by atoms with Crippen LogP contribution in [0.5, 0.6) is 5.75 Å². The van der Waals surface area contributed by atoms with Crippen LogP contribution in [0.25, 0.3) is 0 Å². The number of aryl methyl sites for hydroxylation is 2. The van der Waals surface area contributed by atoms with Crippen LogP contribution in [-0.2, 0) is 19.4 Å². The molecule has 0 aliphatic carbocycles. The third-order valence-corrected chi connectivity index (χ3v) is 5.83. The van der Waals surface area contributed by atoms with Crippen LogP contribution >= 0.6 is 0 Å². The molecule has 0 saturated heterocycles. The summed E-state index contributed by atoms with van der Waals surface area (Å²) in [7, 11) is 0. The topological polar surface area (TPSA) is 52.9 Å². The maximum atomic E-state index is 10.4. The normalized spacial score (nSPS) is 22.3. The number of hydrogen-bond acceptors (Lipinski definition) is 4. The van der Waals surface area contributed by atoms with Crippen LogP contribution in [-0.4, -0.2) is 47.0 Å². The second-order valence-electron chi connectivity index (χ2n) is 8.10. The van der Waals surface area contributed by atoms with Crippen molar-refractivity contribution >= 4 is 0 Å². The number of ether oxygens (including phenoxy) is 1. The Bertz CT molecular complexity index is 731. The first-order valence-corrected chi connectivity index (χ1v) is 11.0. The van der Waals surface area contributed by atoms with Gasteiger partial charge in [0.2, 0.25) is 0 Å². The number of rotatable bonds is 3. The van der Waals surface area contributed by atoms with E-state index in [0.717, 1.165) is 51.1 Å². The van der Waals surface area contributed by atoms with E-state index in [1.54, 1.807) is 0 Å². The molecule has 2 atom stereocenters. The quantitative estimate of drug-likeness (QED) is 0.823. The molecule has 0 bridgehead atoms. The highest BCUT2D eigenvalue weighted by Crippen LogP contribution is 2.22. The molecule has 1 aliphatic heterocycles. The third kappa shape index (κ3) is 6.84. The van der Waals surface area contributed by atoms with Crippen molar-refractivity contribution in [1.29, 1.82) is 0 Å². The first kappa shape index (κ1) is 21.8. The van der Waals surface area contributed by atoms with Crippen molar-refractivity contribution in [1.82, 2.24) is 4.90 Å². The summed E-state index contributed by atoms with van der Waals surface area (Å²) in [6.45, 7) is 4.95. The van der Waals surface area contributed by atoms with Crippen LogP contribution in [0, 0.1) is 0 Å². The second-order valence-corrected chi connectivity index (χ2v) is 8.10. The van der Waals surface area contributed by atoms with Gasteiger partial charge in [-0.2, -0.15) is 0 Å². The predicted octanol–water partition coefficient (Wildman–Crippen LogP) is 3.97. The zero-order valence-corrected chi connectivity index (χ0v) is 17.6. The predicted molar refractivity (Wildman–Crippen MR) is 117 cm³/mol. The molecule has 0 saturated carbocycles. The van der Waals surface area contributed by atoms with Crippen LogP contribution in [0.15, 0.2) is 48.5 Å². The zero-order valence-electron chi connectivity index (χ0n) is 17.6. The van der Waals surface area contributed by atoms with Crippen molar-refractivity contribution in [3.8, 4) is 5.75 Å². The molecule has 4 nitrogen and oxygen atoms in total. The van der Waals surface area contributed by atoms with E-state index in [0.29, 0.717) is 6.42 Å². The lowest BCUT2D eigenvalue weighted by Gasteiger charge is -2.26. The Labute approximate surface area is 175 Å². The molecular weight excluding hydrogens is 362 g/mol. The molecule has 0 fully saturated rings. The van der Waals surface area contributed by atoms with E-state index >= 15 is 0 Å². The highest BCUT2D eigenvalue weighted by Gasteiger charge is 2.19. The number of hydrogen-bond donors (Lipinski definition) is 2. The fourth-order valence-electron chi connectivity index (χ4n) is 3.88. The van der Waals surface area contributed by atoms with Gasteiger partial charge in [0, 0.05) is 13.1 Å². The third-order valence-electron chi connectivity index (χ3n) is 5.83. The molecule has 1 aliphatic rings. The van der Waals surface area contributed by atoms with Gasteiger partial charge in [0.15, 0.2) is 0 Å². The van der Waals surface area contributed by atoms with Crippen molar-refractivity contribution in [2.45, 2.75) is 64.2 Å². The Hall–Kier alpha value is -1.88. The standard InChI is InChI=1S/C25H35NO3/c1-2-20-11-13-21(14-12-20)18-26-16-7-3-4-8-22-9-5-6-10-25(22)29-19-24(28)23(27)15-17-26/h5-6,9-14,23-24,27-28H,2-4,7-8,15-19H2,1H3/t23-,24+/m0/s1. The summed E-state index contributed by atoms with van der Waals surface area (Å²) in [5, 5.41) is 20.8. The van der Waals surface area contributed by atoms with Gasteiger partial charge in [-0.1, -0.05) is 55.8 Å². The van der Waals surface area contributed by atoms with E-state index < -0.39 is 12.2 Å². The molecule has 4 heteroatoms. The molecule has 0 amide bonds. The molecule has 1 heterocycles. The first-order valence-electron chi connectivity index (χ1n) is 11.0. The van der Waals surface area contributed by atoms with Crippen LogP contribution < -0.4 is 4.74 Å². The molecule has 158 valence electrons. The van der Waals surface area contributed by atoms with E-state index in [-0.39, 0.29) is 6.61 Å². The Morgan fingerprint density at radius 2 is 1.66 bits per heavy atom. The summed E-state index contributed by atoms with van der Waals surface area (Å²) < 4.78 is 5.84. The number of aliphatic hydroxyl groups is 2. The SMILES string of the molecule is CCc1ccc(CN2CCCCCc3ccccc3OC[C@@H](O)[C@@H](O)CC2)cc1. The van der Waals surface area contributed by atoms with E-state index in [4.69, 9.17) is 4.74 Å². The Morgan fingerprint density at radius 1 is 0.897 bits per heavy atom. The smallest absolute Gasteiger partial charge is 0.122 e. The zero-order chi connectivity index (χ0) is 20.5. The van der Waals surface area contributed by atoms with Gasteiger partial charge in [-0.15, -0.1) is 0 Å². The summed E-state index contributed by atoms with van der Waals surface area (Å²) in [6, 6.07) is 16.8. The Kier molecular flexibility index (Phi) is 8.53. The number of benzene rings is 2. The lowest BCUT2D eigenvalue weighted by molar-refractivity contribution is -0.0163. The van der Waals surface area contributed by atoms with Gasteiger partial charge in [0.25, 0.3) is 0 Å². The van der Waals surface area contributed by atoms with Gasteiger partial charge in [0.05, 0.1) is 6.10 Å². The lowest BCUT2D eigenvalue weighted by Crippen LogP contribution is -2.36. The molecule has 2 N–H and O–H groups in total. The Morgan fingerprint density at radius 3 is 2.45 bits per heavy atom. The molecule has 2 aromatic rings. The van der Waals surface area contributed by atoms with Crippen LogP contribution in [0.2, 0.25) is 0 Å². The summed E-state index contributed by atoms with van der Waals surface area (Å²) in [6.07, 6.45) is 4.35. The molecule has 29 heavy (non-hydrogen) atoms. The van der Waals surface area contributed by atoms with Crippen molar-refractivity contribution in [2.75, 3.05) is 19.7 Å². The second kappa shape index (κ2) is 11.3. The average Bonchev–Trinajstić information content (AvgIpc) is 2.75. The van der Waals surface area contributed by atoms with Crippen LogP contribution in [0.1, 0.15) is 49.3 Å². The fourth-order valence-corrected chi connectivity index (χ4v) is 3.88. The summed E-state index contributed by atoms with van der Waals surface area (Å²) >= 11 is 0. The lowest BCUT2D eigenvalue weighted by atomic mass is 10.0. The van der Waals surface area contributed by atoms with Gasteiger partial charge < -0.3 is 14.9 Å². The van der Waals surface area contributed by atoms with Crippen molar-refractivity contribution < 1.29 is 14.9 Å². The minimum atomic E-state index is -0.878. The molecule has 0 radical (unpaired) electrons. The molecule has 3 rings (SSSR count). The van der Waals surface area contributed by atoms with Crippen molar-refractivity contribution in [3.05, 3.63) is 65.2 Å². The van der Waals surface area contributed by atoms with Crippen molar-refractivity contribution in [3.63, 3.8) is 0 Å². The average molecular weight is 398 g/mol.